The molecule has 0 spiro atoms. The topological polar surface area (TPSA) is 63.2 Å². The van der Waals surface area contributed by atoms with Crippen LogP contribution in [0, 0.1) is 18.2 Å². The molecule has 21 heavy (non-hydrogen) atoms. The Balaban J connectivity index is 3.10. The number of nitrogens with one attached hydrogen (secondary N) is 1. The summed E-state index contributed by atoms with van der Waals surface area (Å²) < 4.78 is 36.6. The van der Waals surface area contributed by atoms with Crippen molar-refractivity contribution in [1.82, 2.24) is 5.32 Å². The van der Waals surface area contributed by atoms with E-state index in [1.165, 1.54) is 6.92 Å². The monoisotopic (exact) mass is 335 g/mol. The maximum atomic E-state index is 13.8. The van der Waals surface area contributed by atoms with Crippen LogP contribution in [0.3, 0.4) is 0 Å². The van der Waals surface area contributed by atoms with Crippen LogP contribution in [0.25, 0.3) is 0 Å². The van der Waals surface area contributed by atoms with Crippen LogP contribution in [0.2, 0.25) is 0 Å². The first-order valence-electron chi connectivity index (χ1n) is 6.51. The molecule has 0 radical (unpaired) electrons. The van der Waals surface area contributed by atoms with Crippen molar-refractivity contribution in [2.75, 3.05) is 6.54 Å². The number of amides is 1. The second-order valence-corrected chi connectivity index (χ2v) is 8.25. The lowest BCUT2D eigenvalue weighted by Gasteiger charge is -2.22. The highest BCUT2D eigenvalue weighted by Gasteiger charge is 2.21. The molecule has 0 bridgehead atoms. The lowest BCUT2D eigenvalue weighted by Crippen LogP contribution is -2.33. The van der Waals surface area contributed by atoms with Gasteiger partial charge in [-0.05, 0) is 30.9 Å². The van der Waals surface area contributed by atoms with Gasteiger partial charge in [0.1, 0.15) is 5.82 Å². The lowest BCUT2D eigenvalue weighted by molar-refractivity contribution is 0.0935. The van der Waals surface area contributed by atoms with Crippen molar-refractivity contribution < 1.29 is 17.6 Å². The fourth-order valence-electron chi connectivity index (χ4n) is 1.58. The first-order chi connectivity index (χ1) is 9.48. The van der Waals surface area contributed by atoms with E-state index >= 15 is 0 Å². The van der Waals surface area contributed by atoms with Gasteiger partial charge < -0.3 is 5.32 Å². The van der Waals surface area contributed by atoms with Gasteiger partial charge in [0, 0.05) is 28.4 Å². The fourth-order valence-corrected chi connectivity index (χ4v) is 2.80. The summed E-state index contributed by atoms with van der Waals surface area (Å²) in [6.07, 6.45) is 0.858. The van der Waals surface area contributed by atoms with Crippen LogP contribution < -0.4 is 5.32 Å². The maximum absolute atomic E-state index is 13.8. The minimum absolute atomic E-state index is 0.0655. The van der Waals surface area contributed by atoms with Crippen LogP contribution in [0.15, 0.2) is 17.0 Å². The molecule has 1 rings (SSSR count). The molecule has 0 aliphatic carbocycles. The number of hydrogen-bond acceptors (Lipinski definition) is 3. The Kier molecular flexibility index (Phi) is 5.39. The summed E-state index contributed by atoms with van der Waals surface area (Å²) in [4.78, 5) is 11.6. The number of carbonyl (C=O) groups excluding carboxylic acids is 1. The molecular formula is C14H19ClFNO3S. The van der Waals surface area contributed by atoms with Gasteiger partial charge in [-0.25, -0.2) is 12.8 Å². The second-order valence-electron chi connectivity index (χ2n) is 5.72. The molecule has 0 fully saturated rings. The van der Waals surface area contributed by atoms with E-state index in [9.17, 15) is 17.6 Å². The Labute approximate surface area is 129 Å². The highest BCUT2D eigenvalue weighted by Crippen LogP contribution is 2.24. The summed E-state index contributed by atoms with van der Waals surface area (Å²) in [5.74, 6) is -1.31. The molecule has 4 nitrogen and oxygen atoms in total. The van der Waals surface area contributed by atoms with E-state index < -0.39 is 20.8 Å². The van der Waals surface area contributed by atoms with Gasteiger partial charge in [0.2, 0.25) is 0 Å². The molecule has 0 saturated heterocycles. The standard InChI is InChI=1S/C14H19ClFNO3S/c1-5-14(3,4)8-17-13(18)10-6-11(16)9(2)12(7-10)21(15,19)20/h6-7H,5,8H2,1-4H3,(H,17,18). The highest BCUT2D eigenvalue weighted by atomic mass is 35.7. The van der Waals surface area contributed by atoms with E-state index in [0.29, 0.717) is 6.54 Å². The first kappa shape index (κ1) is 17.9. The average Bonchev–Trinajstić information content (AvgIpc) is 2.37. The summed E-state index contributed by atoms with van der Waals surface area (Å²) in [7, 11) is 1.15. The van der Waals surface area contributed by atoms with Gasteiger partial charge in [0.05, 0.1) is 4.90 Å². The van der Waals surface area contributed by atoms with Crippen LogP contribution >= 0.6 is 10.7 Å². The molecular weight excluding hydrogens is 317 g/mol. The van der Waals surface area contributed by atoms with Gasteiger partial charge in [-0.2, -0.15) is 0 Å². The second kappa shape index (κ2) is 6.32. The molecule has 118 valence electrons. The predicted octanol–water partition coefficient (Wildman–Crippen LogP) is 3.23. The first-order valence-corrected chi connectivity index (χ1v) is 8.82. The zero-order valence-corrected chi connectivity index (χ0v) is 14.0. The van der Waals surface area contributed by atoms with Gasteiger partial charge in [0.15, 0.2) is 0 Å². The van der Waals surface area contributed by atoms with E-state index in [1.807, 2.05) is 20.8 Å². The minimum Gasteiger partial charge on any atom is -0.352 e. The summed E-state index contributed by atoms with van der Waals surface area (Å²) in [5, 5.41) is 2.67. The quantitative estimate of drug-likeness (QED) is 0.840. The fraction of sp³-hybridized carbons (Fsp3) is 0.500. The van der Waals surface area contributed by atoms with Crippen LogP contribution in [-0.2, 0) is 9.05 Å². The SMILES string of the molecule is CCC(C)(C)CNC(=O)c1cc(F)c(C)c(S(=O)(=O)Cl)c1. The van der Waals surface area contributed by atoms with Gasteiger partial charge in [0.25, 0.3) is 15.0 Å². The zero-order chi connectivity index (χ0) is 16.4. The van der Waals surface area contributed by atoms with Crippen molar-refractivity contribution >= 4 is 25.6 Å². The van der Waals surface area contributed by atoms with Crippen molar-refractivity contribution in [1.29, 1.82) is 0 Å². The van der Waals surface area contributed by atoms with E-state index in [1.54, 1.807) is 0 Å². The molecule has 0 atom stereocenters. The Hall–Kier alpha value is -1.14. The molecule has 7 heteroatoms. The van der Waals surface area contributed by atoms with Crippen molar-refractivity contribution in [3.8, 4) is 0 Å². The molecule has 1 amide bonds. The van der Waals surface area contributed by atoms with Crippen molar-refractivity contribution in [2.45, 2.75) is 39.0 Å². The third kappa shape index (κ3) is 4.68. The molecule has 0 saturated carbocycles. The Morgan fingerprint density at radius 1 is 1.38 bits per heavy atom. The minimum atomic E-state index is -4.11. The molecule has 0 heterocycles. The molecule has 0 unspecified atom stereocenters. The van der Waals surface area contributed by atoms with Gasteiger partial charge in [-0.1, -0.05) is 20.8 Å². The Bertz CT molecular complexity index is 656. The van der Waals surface area contributed by atoms with Gasteiger partial charge in [-0.3, -0.25) is 4.79 Å². The zero-order valence-electron chi connectivity index (χ0n) is 12.5. The summed E-state index contributed by atoms with van der Waals surface area (Å²) in [6.45, 7) is 7.67. The molecule has 1 aromatic carbocycles. The van der Waals surface area contributed by atoms with Crippen molar-refractivity contribution in [2.24, 2.45) is 5.41 Å². The number of benzene rings is 1. The summed E-state index contributed by atoms with van der Waals surface area (Å²) >= 11 is 0. The molecule has 0 aliphatic rings. The number of carbonyl (C=O) groups is 1. The maximum Gasteiger partial charge on any atom is 0.261 e. The molecule has 1 aromatic rings. The van der Waals surface area contributed by atoms with Crippen LogP contribution in [0.1, 0.15) is 43.1 Å². The normalized spacial score (nSPS) is 12.3. The van der Waals surface area contributed by atoms with Crippen molar-refractivity contribution in [3.05, 3.63) is 29.1 Å². The lowest BCUT2D eigenvalue weighted by atomic mass is 9.90. The van der Waals surface area contributed by atoms with E-state index in [-0.39, 0.29) is 21.4 Å². The molecule has 1 N–H and O–H groups in total. The van der Waals surface area contributed by atoms with E-state index in [4.69, 9.17) is 10.7 Å². The molecule has 0 aromatic heterocycles. The highest BCUT2D eigenvalue weighted by molar-refractivity contribution is 8.13. The van der Waals surface area contributed by atoms with Gasteiger partial charge >= 0.3 is 0 Å². The summed E-state index contributed by atoms with van der Waals surface area (Å²) in [6, 6.07) is 2.10. The van der Waals surface area contributed by atoms with Crippen LogP contribution in [0.4, 0.5) is 4.39 Å². The van der Waals surface area contributed by atoms with Crippen LogP contribution in [0.5, 0.6) is 0 Å². The van der Waals surface area contributed by atoms with Crippen LogP contribution in [-0.4, -0.2) is 20.9 Å². The smallest absolute Gasteiger partial charge is 0.261 e. The molecule has 0 aliphatic heterocycles. The largest absolute Gasteiger partial charge is 0.352 e. The number of rotatable bonds is 5. The van der Waals surface area contributed by atoms with Gasteiger partial charge in [-0.15, -0.1) is 0 Å². The third-order valence-electron chi connectivity index (χ3n) is 3.51. The summed E-state index contributed by atoms with van der Waals surface area (Å²) in [5.41, 5.74) is -0.264. The van der Waals surface area contributed by atoms with E-state index in [2.05, 4.69) is 5.32 Å². The number of halogens is 2. The van der Waals surface area contributed by atoms with Crippen molar-refractivity contribution in [3.63, 3.8) is 0 Å². The predicted molar refractivity (Wildman–Crippen MR) is 80.6 cm³/mol. The third-order valence-corrected chi connectivity index (χ3v) is 4.95. The Morgan fingerprint density at radius 2 is 1.95 bits per heavy atom. The van der Waals surface area contributed by atoms with E-state index in [0.717, 1.165) is 18.6 Å². The Morgan fingerprint density at radius 3 is 2.43 bits per heavy atom. The number of hydrogen-bond donors (Lipinski definition) is 1. The average molecular weight is 336 g/mol.